The average Bonchev–Trinajstić information content (AvgIpc) is 3.24. The van der Waals surface area contributed by atoms with Crippen LogP contribution in [0.5, 0.6) is 0 Å². The van der Waals surface area contributed by atoms with Crippen LogP contribution in [0.3, 0.4) is 0 Å². The lowest BCUT2D eigenvalue weighted by Crippen LogP contribution is -2.54. The minimum atomic E-state index is 0.577. The van der Waals surface area contributed by atoms with Crippen LogP contribution in [-0.2, 0) is 0 Å². The van der Waals surface area contributed by atoms with Gasteiger partial charge >= 0.3 is 0 Å². The first kappa shape index (κ1) is 15.2. The Hall–Kier alpha value is -1.36. The lowest BCUT2D eigenvalue weighted by Gasteiger charge is -2.48. The molecule has 1 spiro atoms. The molecule has 5 nitrogen and oxygen atoms in total. The number of hydrogen-bond acceptors (Lipinski definition) is 5. The molecule has 2 aliphatic carbocycles. The Morgan fingerprint density at radius 2 is 2.04 bits per heavy atom. The largest absolute Gasteiger partial charge is 0.373 e. The Kier molecular flexibility index (Phi) is 4.14. The molecule has 2 atom stereocenters. The highest BCUT2D eigenvalue weighted by Gasteiger charge is 2.47. The number of nitrogens with zero attached hydrogens (tertiary/aromatic N) is 3. The molecule has 0 bridgehead atoms. The van der Waals surface area contributed by atoms with E-state index < -0.39 is 0 Å². The zero-order valence-electron chi connectivity index (χ0n) is 14.2. The zero-order chi connectivity index (χ0) is 15.7. The molecule has 2 heterocycles. The van der Waals surface area contributed by atoms with Crippen molar-refractivity contribution < 1.29 is 0 Å². The number of rotatable bonds is 5. The molecular formula is C18H29N5. The zero-order valence-corrected chi connectivity index (χ0v) is 14.2. The van der Waals surface area contributed by atoms with Crippen molar-refractivity contribution in [2.75, 3.05) is 30.4 Å². The molecule has 1 aromatic rings. The predicted molar refractivity (Wildman–Crippen MR) is 93.9 cm³/mol. The molecular weight excluding hydrogens is 286 g/mol. The second kappa shape index (κ2) is 6.27. The summed E-state index contributed by atoms with van der Waals surface area (Å²) >= 11 is 0. The van der Waals surface area contributed by atoms with Crippen molar-refractivity contribution in [3.8, 4) is 0 Å². The molecule has 3 fully saturated rings. The highest BCUT2D eigenvalue weighted by molar-refractivity contribution is 5.49. The fourth-order valence-electron chi connectivity index (χ4n) is 4.96. The van der Waals surface area contributed by atoms with Crippen molar-refractivity contribution in [3.05, 3.63) is 12.4 Å². The molecule has 5 heteroatoms. The summed E-state index contributed by atoms with van der Waals surface area (Å²) < 4.78 is 0. The number of anilines is 2. The van der Waals surface area contributed by atoms with Gasteiger partial charge in [0.1, 0.15) is 18.0 Å². The van der Waals surface area contributed by atoms with Gasteiger partial charge in [-0.3, -0.25) is 0 Å². The van der Waals surface area contributed by atoms with Crippen LogP contribution in [0.25, 0.3) is 0 Å². The van der Waals surface area contributed by atoms with Crippen LogP contribution in [0, 0.1) is 5.41 Å². The van der Waals surface area contributed by atoms with E-state index in [1.165, 1.54) is 51.4 Å². The first-order chi connectivity index (χ1) is 11.3. The first-order valence-corrected chi connectivity index (χ1v) is 9.31. The van der Waals surface area contributed by atoms with E-state index in [9.17, 15) is 0 Å². The van der Waals surface area contributed by atoms with E-state index in [0.717, 1.165) is 30.8 Å². The van der Waals surface area contributed by atoms with Crippen LogP contribution in [-0.4, -0.2) is 42.2 Å². The molecule has 2 N–H and O–H groups in total. The third-order valence-electron chi connectivity index (χ3n) is 6.45. The van der Waals surface area contributed by atoms with Gasteiger partial charge in [0, 0.05) is 38.3 Å². The summed E-state index contributed by atoms with van der Waals surface area (Å²) in [6.45, 7) is 2.22. The Morgan fingerprint density at radius 3 is 2.78 bits per heavy atom. The van der Waals surface area contributed by atoms with Gasteiger partial charge in [0.25, 0.3) is 0 Å². The molecule has 0 radical (unpaired) electrons. The predicted octanol–water partition coefficient (Wildman–Crippen LogP) is 2.80. The SMILES string of the molecule is CNc1cc(N2CCCC2CNC2CCC23CCCC3)ncn1. The van der Waals surface area contributed by atoms with Crippen molar-refractivity contribution in [1.82, 2.24) is 15.3 Å². The fraction of sp³-hybridized carbons (Fsp3) is 0.778. The van der Waals surface area contributed by atoms with Gasteiger partial charge in [-0.05, 0) is 43.9 Å². The van der Waals surface area contributed by atoms with E-state index >= 15 is 0 Å². The maximum absolute atomic E-state index is 4.50. The third-order valence-corrected chi connectivity index (χ3v) is 6.45. The Morgan fingerprint density at radius 1 is 1.17 bits per heavy atom. The van der Waals surface area contributed by atoms with Gasteiger partial charge in [-0.25, -0.2) is 9.97 Å². The highest BCUT2D eigenvalue weighted by Crippen LogP contribution is 2.53. The average molecular weight is 315 g/mol. The minimum Gasteiger partial charge on any atom is -0.373 e. The van der Waals surface area contributed by atoms with Crippen LogP contribution in [0.15, 0.2) is 12.4 Å². The summed E-state index contributed by atoms with van der Waals surface area (Å²) in [5.41, 5.74) is 0.664. The van der Waals surface area contributed by atoms with Gasteiger partial charge < -0.3 is 15.5 Å². The van der Waals surface area contributed by atoms with E-state index in [-0.39, 0.29) is 0 Å². The molecule has 2 saturated carbocycles. The summed E-state index contributed by atoms with van der Waals surface area (Å²) in [4.78, 5) is 11.2. The van der Waals surface area contributed by atoms with Crippen molar-refractivity contribution in [3.63, 3.8) is 0 Å². The Balaban J connectivity index is 1.38. The topological polar surface area (TPSA) is 53.1 Å². The van der Waals surface area contributed by atoms with Gasteiger partial charge in [0.15, 0.2) is 0 Å². The second-order valence-corrected chi connectivity index (χ2v) is 7.57. The lowest BCUT2D eigenvalue weighted by molar-refractivity contribution is 0.0721. The monoisotopic (exact) mass is 315 g/mol. The highest BCUT2D eigenvalue weighted by atomic mass is 15.3. The lowest BCUT2D eigenvalue weighted by atomic mass is 9.63. The molecule has 0 aromatic carbocycles. The van der Waals surface area contributed by atoms with Crippen LogP contribution in [0.2, 0.25) is 0 Å². The maximum Gasteiger partial charge on any atom is 0.134 e. The molecule has 2 unspecified atom stereocenters. The normalized spacial score (nSPS) is 29.0. The Bertz CT molecular complexity index is 540. The summed E-state index contributed by atoms with van der Waals surface area (Å²) in [5.74, 6) is 1.97. The van der Waals surface area contributed by atoms with Crippen LogP contribution >= 0.6 is 0 Å². The minimum absolute atomic E-state index is 0.577. The van der Waals surface area contributed by atoms with Gasteiger partial charge in [0.2, 0.25) is 0 Å². The standard InChI is InChI=1S/C18H29N5/c1-19-16-11-17(22-13-21-16)23-10-4-5-14(23)12-20-15-6-9-18(15)7-2-3-8-18/h11,13-15,20H,2-10,12H2,1H3,(H,19,21,22). The molecule has 23 heavy (non-hydrogen) atoms. The first-order valence-electron chi connectivity index (χ1n) is 9.31. The van der Waals surface area contributed by atoms with Gasteiger partial charge in [-0.1, -0.05) is 12.8 Å². The van der Waals surface area contributed by atoms with Crippen LogP contribution in [0.1, 0.15) is 51.4 Å². The van der Waals surface area contributed by atoms with E-state index in [1.54, 1.807) is 6.33 Å². The smallest absolute Gasteiger partial charge is 0.134 e. The van der Waals surface area contributed by atoms with Gasteiger partial charge in [-0.15, -0.1) is 0 Å². The fourth-order valence-corrected chi connectivity index (χ4v) is 4.96. The quantitative estimate of drug-likeness (QED) is 0.875. The summed E-state index contributed by atoms with van der Waals surface area (Å²) in [6.07, 6.45) is 12.8. The molecule has 1 saturated heterocycles. The van der Waals surface area contributed by atoms with E-state index in [0.29, 0.717) is 11.5 Å². The molecule has 0 amide bonds. The third kappa shape index (κ3) is 2.80. The number of hydrogen-bond donors (Lipinski definition) is 2. The summed E-state index contributed by atoms with van der Waals surface area (Å²) in [5, 5.41) is 7.04. The number of aromatic nitrogens is 2. The van der Waals surface area contributed by atoms with Gasteiger partial charge in [0.05, 0.1) is 0 Å². The summed E-state index contributed by atoms with van der Waals surface area (Å²) in [7, 11) is 1.91. The van der Waals surface area contributed by atoms with E-state index in [4.69, 9.17) is 0 Å². The molecule has 1 aromatic heterocycles. The number of nitrogens with one attached hydrogen (secondary N) is 2. The van der Waals surface area contributed by atoms with E-state index in [2.05, 4.69) is 31.6 Å². The van der Waals surface area contributed by atoms with Crippen molar-refractivity contribution in [2.24, 2.45) is 5.41 Å². The van der Waals surface area contributed by atoms with Crippen molar-refractivity contribution in [2.45, 2.75) is 63.5 Å². The maximum atomic E-state index is 4.50. The molecule has 1 aliphatic heterocycles. The molecule has 3 aliphatic rings. The summed E-state index contributed by atoms with van der Waals surface area (Å²) in [6, 6.07) is 3.42. The van der Waals surface area contributed by atoms with Crippen molar-refractivity contribution in [1.29, 1.82) is 0 Å². The second-order valence-electron chi connectivity index (χ2n) is 7.57. The Labute approximate surface area is 139 Å². The van der Waals surface area contributed by atoms with Crippen molar-refractivity contribution >= 4 is 11.6 Å². The van der Waals surface area contributed by atoms with E-state index in [1.807, 2.05) is 7.05 Å². The molecule has 126 valence electrons. The van der Waals surface area contributed by atoms with Crippen LogP contribution < -0.4 is 15.5 Å². The van der Waals surface area contributed by atoms with Crippen LogP contribution in [0.4, 0.5) is 11.6 Å². The molecule has 4 rings (SSSR count). The van der Waals surface area contributed by atoms with Gasteiger partial charge in [-0.2, -0.15) is 0 Å².